The monoisotopic (exact) mass is 486 g/mol. The van der Waals surface area contributed by atoms with E-state index in [0.29, 0.717) is 38.5 Å². The molecule has 1 aliphatic heterocycles. The number of nitrogens with zero attached hydrogens (tertiary/aromatic N) is 2. The average molecular weight is 487 g/mol. The second kappa shape index (κ2) is 8.88. The molecule has 1 unspecified atom stereocenters. The molecule has 1 atom stereocenters. The third-order valence-electron chi connectivity index (χ3n) is 5.84. The van der Waals surface area contributed by atoms with Gasteiger partial charge in [-0.3, -0.25) is 14.5 Å². The predicted octanol–water partition coefficient (Wildman–Crippen LogP) is 5.81. The van der Waals surface area contributed by atoms with Gasteiger partial charge in [0.05, 0.1) is 23.3 Å². The van der Waals surface area contributed by atoms with Crippen LogP contribution in [0.4, 0.5) is 5.69 Å². The Kier molecular flexibility index (Phi) is 5.74. The maximum Gasteiger partial charge on any atom is 0.294 e. The van der Waals surface area contributed by atoms with Gasteiger partial charge in [-0.05, 0) is 38.1 Å². The van der Waals surface area contributed by atoms with E-state index in [9.17, 15) is 14.7 Å². The second-order valence-electron chi connectivity index (χ2n) is 8.12. The number of methoxy groups -OCH3 is 1. The summed E-state index contributed by atoms with van der Waals surface area (Å²) in [6.45, 7) is 3.52. The number of amides is 1. The minimum Gasteiger partial charge on any atom is -0.503 e. The minimum absolute atomic E-state index is 0.0430. The Labute approximate surface area is 205 Å². The van der Waals surface area contributed by atoms with Gasteiger partial charge < -0.3 is 14.3 Å². The summed E-state index contributed by atoms with van der Waals surface area (Å²) in [7, 11) is 1.53. The van der Waals surface area contributed by atoms with E-state index >= 15 is 0 Å². The summed E-state index contributed by atoms with van der Waals surface area (Å²) in [5, 5.41) is 11.7. The lowest BCUT2D eigenvalue weighted by Gasteiger charge is -2.25. The van der Waals surface area contributed by atoms with Crippen LogP contribution >= 0.6 is 11.3 Å². The highest BCUT2D eigenvalue weighted by atomic mass is 32.1. The average Bonchev–Trinajstić information content (AvgIpc) is 3.55. The topological polar surface area (TPSA) is 92.9 Å². The van der Waals surface area contributed by atoms with Crippen LogP contribution in [0.2, 0.25) is 0 Å². The Morgan fingerprint density at radius 1 is 1.09 bits per heavy atom. The molecule has 3 heterocycles. The van der Waals surface area contributed by atoms with E-state index in [1.165, 1.54) is 23.3 Å². The number of aliphatic hydroxyl groups is 1. The zero-order valence-corrected chi connectivity index (χ0v) is 20.1. The van der Waals surface area contributed by atoms with Crippen molar-refractivity contribution in [3.8, 4) is 16.3 Å². The van der Waals surface area contributed by atoms with Crippen LogP contribution in [0.5, 0.6) is 5.75 Å². The summed E-state index contributed by atoms with van der Waals surface area (Å²) in [6, 6.07) is 18.9. The molecular weight excluding hydrogens is 464 g/mol. The van der Waals surface area contributed by atoms with Gasteiger partial charge in [-0.1, -0.05) is 36.4 Å². The number of carbonyl (C=O) groups excluding carboxylic acids is 2. The molecule has 7 nitrogen and oxygen atoms in total. The van der Waals surface area contributed by atoms with Crippen LogP contribution in [0, 0.1) is 13.8 Å². The van der Waals surface area contributed by atoms with Crippen molar-refractivity contribution in [1.82, 2.24) is 4.98 Å². The number of thiazole rings is 1. The largest absolute Gasteiger partial charge is 0.503 e. The number of Topliss-reactive ketones (excluding diaryl/α,β-unsaturated/α-hetero) is 1. The molecule has 0 aliphatic carbocycles. The first-order valence-corrected chi connectivity index (χ1v) is 11.7. The van der Waals surface area contributed by atoms with Crippen molar-refractivity contribution < 1.29 is 23.8 Å². The molecule has 1 aliphatic rings. The smallest absolute Gasteiger partial charge is 0.294 e. The van der Waals surface area contributed by atoms with Gasteiger partial charge in [-0.25, -0.2) is 4.98 Å². The first-order valence-electron chi connectivity index (χ1n) is 10.9. The van der Waals surface area contributed by atoms with Gasteiger partial charge in [-0.15, -0.1) is 11.3 Å². The number of carbonyl (C=O) groups is 2. The molecule has 0 radical (unpaired) electrons. The number of hydrogen-bond acceptors (Lipinski definition) is 7. The highest BCUT2D eigenvalue weighted by molar-refractivity contribution is 7.17. The van der Waals surface area contributed by atoms with Gasteiger partial charge in [-0.2, -0.15) is 0 Å². The zero-order valence-electron chi connectivity index (χ0n) is 19.3. The van der Waals surface area contributed by atoms with Crippen LogP contribution in [0.1, 0.15) is 32.9 Å². The first-order chi connectivity index (χ1) is 16.9. The lowest BCUT2D eigenvalue weighted by atomic mass is 9.99. The van der Waals surface area contributed by atoms with Crippen molar-refractivity contribution in [3.63, 3.8) is 0 Å². The molecule has 0 saturated heterocycles. The molecule has 176 valence electrons. The molecule has 5 rings (SSSR count). The maximum absolute atomic E-state index is 13.9. The van der Waals surface area contributed by atoms with Crippen LogP contribution in [0.15, 0.2) is 82.5 Å². The van der Waals surface area contributed by atoms with Crippen LogP contribution in [-0.4, -0.2) is 28.9 Å². The van der Waals surface area contributed by atoms with Crippen molar-refractivity contribution >= 4 is 28.7 Å². The number of ketones is 1. The number of aliphatic hydroxyl groups excluding tert-OH is 1. The Morgan fingerprint density at radius 2 is 1.86 bits per heavy atom. The number of aryl methyl sites for hydroxylation is 2. The lowest BCUT2D eigenvalue weighted by molar-refractivity contribution is -0.117. The Hall–Kier alpha value is -4.17. The van der Waals surface area contributed by atoms with Crippen molar-refractivity contribution in [2.24, 2.45) is 0 Å². The predicted molar refractivity (Wildman–Crippen MR) is 133 cm³/mol. The van der Waals surface area contributed by atoms with E-state index in [4.69, 9.17) is 9.15 Å². The summed E-state index contributed by atoms with van der Waals surface area (Å²) < 4.78 is 11.2. The van der Waals surface area contributed by atoms with Gasteiger partial charge in [0.15, 0.2) is 5.76 Å². The molecule has 2 aromatic heterocycles. The number of ether oxygens (including phenoxy) is 1. The third kappa shape index (κ3) is 3.91. The molecule has 4 aromatic rings. The van der Waals surface area contributed by atoms with Crippen LogP contribution in [-0.2, 0) is 4.79 Å². The Bertz CT molecular complexity index is 1470. The zero-order chi connectivity index (χ0) is 24.7. The molecule has 35 heavy (non-hydrogen) atoms. The first kappa shape index (κ1) is 22.6. The van der Waals surface area contributed by atoms with Crippen LogP contribution in [0.3, 0.4) is 0 Å². The van der Waals surface area contributed by atoms with Gasteiger partial charge in [0.25, 0.3) is 5.91 Å². The fraction of sp³-hybridized carbons (Fsp3) is 0.148. The molecule has 1 N–H and O–H groups in total. The fourth-order valence-electron chi connectivity index (χ4n) is 4.17. The highest BCUT2D eigenvalue weighted by Gasteiger charge is 2.47. The summed E-state index contributed by atoms with van der Waals surface area (Å²) in [4.78, 5) is 33.5. The highest BCUT2D eigenvalue weighted by Crippen LogP contribution is 2.44. The van der Waals surface area contributed by atoms with E-state index in [2.05, 4.69) is 4.98 Å². The molecule has 0 bridgehead atoms. The van der Waals surface area contributed by atoms with E-state index in [1.807, 2.05) is 30.3 Å². The lowest BCUT2D eigenvalue weighted by Crippen LogP contribution is -2.30. The molecule has 2 aromatic carbocycles. The maximum atomic E-state index is 13.9. The standard InChI is InChI=1S/C27H22N2O5S/c1-15-12-13-20(34-15)22-21(24(31)27(32)29(22)18-10-7-11-19(14-18)33-3)23(30)25-16(2)28-26(35-25)17-8-5-4-6-9-17/h4-14,22,31H,1-3H3. The summed E-state index contributed by atoms with van der Waals surface area (Å²) >= 11 is 1.23. The van der Waals surface area contributed by atoms with Crippen LogP contribution in [0.25, 0.3) is 10.6 Å². The molecule has 0 fully saturated rings. The second-order valence-corrected chi connectivity index (χ2v) is 9.12. The summed E-state index contributed by atoms with van der Waals surface area (Å²) in [6.07, 6.45) is 0. The minimum atomic E-state index is -0.947. The summed E-state index contributed by atoms with van der Waals surface area (Å²) in [5.74, 6) is -0.225. The van der Waals surface area contributed by atoms with Crippen molar-refractivity contribution in [1.29, 1.82) is 0 Å². The number of aromatic nitrogens is 1. The Balaban J connectivity index is 1.62. The van der Waals surface area contributed by atoms with Crippen molar-refractivity contribution in [2.75, 3.05) is 12.0 Å². The molecule has 1 amide bonds. The number of rotatable bonds is 6. The molecule has 8 heteroatoms. The van der Waals surface area contributed by atoms with Crippen LogP contribution < -0.4 is 9.64 Å². The van der Waals surface area contributed by atoms with Gasteiger partial charge in [0.2, 0.25) is 5.78 Å². The van der Waals surface area contributed by atoms with E-state index in [1.54, 1.807) is 50.2 Å². The van der Waals surface area contributed by atoms with Crippen molar-refractivity contribution in [2.45, 2.75) is 19.9 Å². The number of hydrogen-bond donors (Lipinski definition) is 1. The van der Waals surface area contributed by atoms with Gasteiger partial charge >= 0.3 is 0 Å². The van der Waals surface area contributed by atoms with Crippen molar-refractivity contribution in [3.05, 3.63) is 100 Å². The molecular formula is C27H22N2O5S. The number of furan rings is 1. The molecule has 0 saturated carbocycles. The van der Waals surface area contributed by atoms with Gasteiger partial charge in [0.1, 0.15) is 28.3 Å². The van der Waals surface area contributed by atoms with Gasteiger partial charge in [0, 0.05) is 17.3 Å². The fourth-order valence-corrected chi connectivity index (χ4v) is 5.19. The Morgan fingerprint density at radius 3 is 2.54 bits per heavy atom. The number of anilines is 1. The normalized spacial score (nSPS) is 15.7. The van der Waals surface area contributed by atoms with E-state index in [0.717, 1.165) is 5.56 Å². The SMILES string of the molecule is COc1cccc(N2C(=O)C(O)=C(C(=O)c3sc(-c4ccccc4)nc3C)C2c2ccc(C)o2)c1. The summed E-state index contributed by atoms with van der Waals surface area (Å²) in [5.41, 5.74) is 1.84. The quantitative estimate of drug-likeness (QED) is 0.346. The van der Waals surface area contributed by atoms with E-state index in [-0.39, 0.29) is 5.57 Å². The van der Waals surface area contributed by atoms with E-state index < -0.39 is 23.5 Å². The molecule has 0 spiro atoms. The third-order valence-corrected chi connectivity index (χ3v) is 7.04. The number of benzene rings is 2.